The SMILES string of the molecule is CC(N)C(=O)C1=COCC1. The zero-order valence-corrected chi connectivity index (χ0v) is 5.96. The number of nitrogens with two attached hydrogens (primary N) is 1. The molecule has 3 nitrogen and oxygen atoms in total. The van der Waals surface area contributed by atoms with Crippen molar-refractivity contribution in [2.24, 2.45) is 5.73 Å². The molecule has 1 aliphatic heterocycles. The molecule has 0 bridgehead atoms. The molecule has 0 aromatic carbocycles. The Balaban J connectivity index is 2.56. The largest absolute Gasteiger partial charge is 0.500 e. The third-order valence-electron chi connectivity index (χ3n) is 1.44. The molecule has 0 aromatic rings. The number of ketones is 1. The van der Waals surface area contributed by atoms with Crippen LogP contribution in [0.5, 0.6) is 0 Å². The highest BCUT2D eigenvalue weighted by atomic mass is 16.5. The van der Waals surface area contributed by atoms with Crippen LogP contribution in [0.3, 0.4) is 0 Å². The summed E-state index contributed by atoms with van der Waals surface area (Å²) in [7, 11) is 0. The molecule has 1 rings (SSSR count). The van der Waals surface area contributed by atoms with Crippen LogP contribution in [0.1, 0.15) is 13.3 Å². The van der Waals surface area contributed by atoms with Crippen molar-refractivity contribution in [3.63, 3.8) is 0 Å². The maximum absolute atomic E-state index is 11.1. The average molecular weight is 141 g/mol. The van der Waals surface area contributed by atoms with Crippen LogP contribution in [0.25, 0.3) is 0 Å². The van der Waals surface area contributed by atoms with E-state index in [4.69, 9.17) is 10.5 Å². The van der Waals surface area contributed by atoms with Crippen LogP contribution in [-0.4, -0.2) is 18.4 Å². The van der Waals surface area contributed by atoms with Gasteiger partial charge in [0.2, 0.25) is 0 Å². The van der Waals surface area contributed by atoms with Crippen LogP contribution in [0.2, 0.25) is 0 Å². The molecule has 1 atom stereocenters. The van der Waals surface area contributed by atoms with Gasteiger partial charge in [0.25, 0.3) is 0 Å². The molecule has 0 aliphatic carbocycles. The number of carbonyl (C=O) groups excluding carboxylic acids is 1. The molecule has 0 saturated heterocycles. The molecule has 0 spiro atoms. The van der Waals surface area contributed by atoms with Crippen molar-refractivity contribution in [3.05, 3.63) is 11.8 Å². The van der Waals surface area contributed by atoms with Gasteiger partial charge in [-0.15, -0.1) is 0 Å². The smallest absolute Gasteiger partial charge is 0.178 e. The molecule has 2 N–H and O–H groups in total. The van der Waals surface area contributed by atoms with Crippen molar-refractivity contribution in [1.29, 1.82) is 0 Å². The molecule has 0 amide bonds. The Hall–Kier alpha value is -0.830. The van der Waals surface area contributed by atoms with Gasteiger partial charge in [0.1, 0.15) is 0 Å². The molecule has 1 aliphatic rings. The highest BCUT2D eigenvalue weighted by Gasteiger charge is 2.17. The van der Waals surface area contributed by atoms with E-state index in [1.807, 2.05) is 0 Å². The van der Waals surface area contributed by atoms with Crippen LogP contribution in [0.15, 0.2) is 11.8 Å². The summed E-state index contributed by atoms with van der Waals surface area (Å²) in [4.78, 5) is 11.1. The zero-order valence-electron chi connectivity index (χ0n) is 5.96. The number of carbonyl (C=O) groups is 1. The Morgan fingerprint density at radius 3 is 3.00 bits per heavy atom. The summed E-state index contributed by atoms with van der Waals surface area (Å²) in [5.74, 6) is -0.00231. The van der Waals surface area contributed by atoms with E-state index in [0.29, 0.717) is 13.0 Å². The molecule has 1 heterocycles. The fraction of sp³-hybridized carbons (Fsp3) is 0.571. The average Bonchev–Trinajstić information content (AvgIpc) is 2.36. The highest BCUT2D eigenvalue weighted by Crippen LogP contribution is 2.11. The van der Waals surface area contributed by atoms with E-state index < -0.39 is 6.04 Å². The number of Topliss-reactive ketones (excluding diaryl/α,β-unsaturated/α-hetero) is 1. The van der Waals surface area contributed by atoms with Gasteiger partial charge in [-0.05, 0) is 6.92 Å². The summed E-state index contributed by atoms with van der Waals surface area (Å²) >= 11 is 0. The summed E-state index contributed by atoms with van der Waals surface area (Å²) in [6, 6.07) is -0.395. The van der Waals surface area contributed by atoms with Gasteiger partial charge in [0.05, 0.1) is 18.9 Å². The van der Waals surface area contributed by atoms with E-state index in [-0.39, 0.29) is 5.78 Å². The van der Waals surface area contributed by atoms with Crippen molar-refractivity contribution < 1.29 is 9.53 Å². The van der Waals surface area contributed by atoms with Crippen molar-refractivity contribution in [3.8, 4) is 0 Å². The molecule has 0 saturated carbocycles. The summed E-state index contributed by atoms with van der Waals surface area (Å²) in [6.07, 6.45) is 2.21. The van der Waals surface area contributed by atoms with E-state index >= 15 is 0 Å². The van der Waals surface area contributed by atoms with Crippen molar-refractivity contribution in [1.82, 2.24) is 0 Å². The Labute approximate surface area is 59.8 Å². The topological polar surface area (TPSA) is 52.3 Å². The van der Waals surface area contributed by atoms with E-state index in [1.54, 1.807) is 6.92 Å². The minimum Gasteiger partial charge on any atom is -0.500 e. The molecule has 10 heavy (non-hydrogen) atoms. The Morgan fingerprint density at radius 2 is 2.60 bits per heavy atom. The maximum Gasteiger partial charge on any atom is 0.178 e. The number of hydrogen-bond donors (Lipinski definition) is 1. The third kappa shape index (κ3) is 1.36. The molecule has 0 fully saturated rings. The monoisotopic (exact) mass is 141 g/mol. The zero-order chi connectivity index (χ0) is 7.56. The first-order chi connectivity index (χ1) is 4.72. The first kappa shape index (κ1) is 7.28. The third-order valence-corrected chi connectivity index (χ3v) is 1.44. The van der Waals surface area contributed by atoms with E-state index in [0.717, 1.165) is 5.57 Å². The first-order valence-corrected chi connectivity index (χ1v) is 3.32. The summed E-state index contributed by atoms with van der Waals surface area (Å²) < 4.78 is 4.89. The van der Waals surface area contributed by atoms with Gasteiger partial charge in [-0.3, -0.25) is 4.79 Å². The second-order valence-corrected chi connectivity index (χ2v) is 2.42. The van der Waals surface area contributed by atoms with Crippen LogP contribution < -0.4 is 5.73 Å². The van der Waals surface area contributed by atoms with Gasteiger partial charge >= 0.3 is 0 Å². The quantitative estimate of drug-likeness (QED) is 0.598. The van der Waals surface area contributed by atoms with Crippen LogP contribution in [0.4, 0.5) is 0 Å². The lowest BCUT2D eigenvalue weighted by Gasteiger charge is -2.01. The molecule has 0 aromatic heterocycles. The summed E-state index contributed by atoms with van der Waals surface area (Å²) in [5.41, 5.74) is 6.09. The van der Waals surface area contributed by atoms with Crippen LogP contribution in [0, 0.1) is 0 Å². The van der Waals surface area contributed by atoms with Crippen molar-refractivity contribution >= 4 is 5.78 Å². The fourth-order valence-electron chi connectivity index (χ4n) is 0.861. The summed E-state index contributed by atoms with van der Waals surface area (Å²) in [6.45, 7) is 2.30. The van der Waals surface area contributed by atoms with Gasteiger partial charge in [-0.25, -0.2) is 0 Å². The number of ether oxygens (including phenoxy) is 1. The number of rotatable bonds is 2. The second-order valence-electron chi connectivity index (χ2n) is 2.42. The highest BCUT2D eigenvalue weighted by molar-refractivity contribution is 5.99. The lowest BCUT2D eigenvalue weighted by atomic mass is 10.1. The van der Waals surface area contributed by atoms with Crippen molar-refractivity contribution in [2.45, 2.75) is 19.4 Å². The predicted molar refractivity (Wildman–Crippen MR) is 37.3 cm³/mol. The molecule has 3 heteroatoms. The first-order valence-electron chi connectivity index (χ1n) is 3.32. The van der Waals surface area contributed by atoms with Crippen molar-refractivity contribution in [2.75, 3.05) is 6.61 Å². The number of hydrogen-bond acceptors (Lipinski definition) is 3. The van der Waals surface area contributed by atoms with Gasteiger partial charge in [-0.1, -0.05) is 0 Å². The van der Waals surface area contributed by atoms with E-state index in [9.17, 15) is 4.79 Å². The Morgan fingerprint density at radius 1 is 1.90 bits per heavy atom. The molecular weight excluding hydrogens is 130 g/mol. The van der Waals surface area contributed by atoms with Crippen LogP contribution >= 0.6 is 0 Å². The molecule has 1 unspecified atom stereocenters. The Bertz CT molecular complexity index is 172. The van der Waals surface area contributed by atoms with Crippen LogP contribution in [-0.2, 0) is 9.53 Å². The van der Waals surface area contributed by atoms with Gasteiger partial charge in [0.15, 0.2) is 5.78 Å². The standard InChI is InChI=1S/C7H11NO2/c1-5(8)7(9)6-2-3-10-4-6/h4-5H,2-3,8H2,1H3. The van der Waals surface area contributed by atoms with Gasteiger partial charge < -0.3 is 10.5 Å². The molecule has 0 radical (unpaired) electrons. The fourth-order valence-corrected chi connectivity index (χ4v) is 0.861. The molecule has 56 valence electrons. The Kier molecular flexibility index (Phi) is 2.06. The van der Waals surface area contributed by atoms with E-state index in [2.05, 4.69) is 0 Å². The second kappa shape index (κ2) is 2.84. The van der Waals surface area contributed by atoms with Gasteiger partial charge in [-0.2, -0.15) is 0 Å². The van der Waals surface area contributed by atoms with Gasteiger partial charge in [0, 0.05) is 12.0 Å². The summed E-state index contributed by atoms with van der Waals surface area (Å²) in [5, 5.41) is 0. The minimum absolute atomic E-state index is 0.00231. The normalized spacial score (nSPS) is 19.6. The lowest BCUT2D eigenvalue weighted by molar-refractivity contribution is -0.116. The minimum atomic E-state index is -0.395. The molecular formula is C7H11NO2. The lowest BCUT2D eigenvalue weighted by Crippen LogP contribution is -2.27. The van der Waals surface area contributed by atoms with E-state index in [1.165, 1.54) is 6.26 Å². The predicted octanol–water partition coefficient (Wildman–Crippen LogP) is 0.207. The maximum atomic E-state index is 11.1.